The lowest BCUT2D eigenvalue weighted by atomic mass is 10.1. The molecule has 0 aromatic heterocycles. The molecular formula is C12H12ClF2NO3S. The summed E-state index contributed by atoms with van der Waals surface area (Å²) in [6, 6.07) is 3.12. The average Bonchev–Trinajstić information content (AvgIpc) is 2.60. The van der Waals surface area contributed by atoms with Crippen LogP contribution < -0.4 is 0 Å². The van der Waals surface area contributed by atoms with Gasteiger partial charge in [-0.05, 0) is 6.07 Å². The maximum Gasteiger partial charge on any atom is 0.232 e. The molecule has 0 spiro atoms. The van der Waals surface area contributed by atoms with E-state index in [-0.39, 0.29) is 36.7 Å². The molecule has 1 aromatic rings. The Morgan fingerprint density at radius 2 is 2.05 bits per heavy atom. The van der Waals surface area contributed by atoms with Crippen LogP contribution >= 0.6 is 10.7 Å². The van der Waals surface area contributed by atoms with Gasteiger partial charge in [0.05, 0.1) is 5.75 Å². The lowest BCUT2D eigenvalue weighted by Gasteiger charge is -2.17. The third-order valence-corrected chi connectivity index (χ3v) is 4.35. The van der Waals surface area contributed by atoms with Crippen molar-refractivity contribution in [1.29, 1.82) is 0 Å². The molecule has 1 amide bonds. The molecule has 1 aliphatic rings. The molecule has 1 fully saturated rings. The van der Waals surface area contributed by atoms with Crippen molar-refractivity contribution in [3.05, 3.63) is 35.4 Å². The van der Waals surface area contributed by atoms with Gasteiger partial charge in [0.2, 0.25) is 15.0 Å². The zero-order valence-corrected chi connectivity index (χ0v) is 11.9. The summed E-state index contributed by atoms with van der Waals surface area (Å²) >= 11 is 0. The van der Waals surface area contributed by atoms with Gasteiger partial charge >= 0.3 is 0 Å². The SMILES string of the molecule is O=C1CC(CS(=O)(=O)Cl)CN1Cc1ccc(F)cc1F. The Balaban J connectivity index is 2.05. The topological polar surface area (TPSA) is 54.5 Å². The highest BCUT2D eigenvalue weighted by Gasteiger charge is 2.32. The minimum atomic E-state index is -3.67. The van der Waals surface area contributed by atoms with Crippen LogP contribution in [0.25, 0.3) is 0 Å². The summed E-state index contributed by atoms with van der Waals surface area (Å²) in [6.07, 6.45) is 0.0642. The Hall–Kier alpha value is -1.21. The standard InChI is InChI=1S/C12H12ClF2NO3S/c13-20(18,19)7-8-3-12(17)16(5-8)6-9-1-2-10(14)4-11(9)15/h1-2,4,8H,3,5-7H2. The molecule has 1 aromatic carbocycles. The lowest BCUT2D eigenvalue weighted by Crippen LogP contribution is -2.25. The average molecular weight is 324 g/mol. The summed E-state index contributed by atoms with van der Waals surface area (Å²) in [5, 5.41) is 0. The van der Waals surface area contributed by atoms with Crippen LogP contribution in [0.4, 0.5) is 8.78 Å². The van der Waals surface area contributed by atoms with E-state index in [0.717, 1.165) is 12.1 Å². The van der Waals surface area contributed by atoms with Gasteiger partial charge < -0.3 is 4.90 Å². The number of likely N-dealkylation sites (tertiary alicyclic amines) is 1. The van der Waals surface area contributed by atoms with Crippen molar-refractivity contribution in [2.24, 2.45) is 5.92 Å². The van der Waals surface area contributed by atoms with Crippen LogP contribution in [0.3, 0.4) is 0 Å². The van der Waals surface area contributed by atoms with E-state index < -0.39 is 26.6 Å². The lowest BCUT2D eigenvalue weighted by molar-refractivity contribution is -0.128. The number of nitrogens with zero attached hydrogens (tertiary/aromatic N) is 1. The second-order valence-electron chi connectivity index (χ2n) is 4.79. The van der Waals surface area contributed by atoms with Gasteiger partial charge in [0, 0.05) is 47.7 Å². The van der Waals surface area contributed by atoms with Crippen LogP contribution in [0.15, 0.2) is 18.2 Å². The Morgan fingerprint density at radius 1 is 1.35 bits per heavy atom. The molecule has 1 atom stereocenters. The van der Waals surface area contributed by atoms with E-state index in [9.17, 15) is 22.0 Å². The van der Waals surface area contributed by atoms with Gasteiger partial charge in [0.1, 0.15) is 11.6 Å². The molecule has 1 aliphatic heterocycles. The van der Waals surface area contributed by atoms with Gasteiger partial charge in [-0.3, -0.25) is 4.79 Å². The van der Waals surface area contributed by atoms with Crippen LogP contribution in [0.2, 0.25) is 0 Å². The molecule has 2 rings (SSSR count). The van der Waals surface area contributed by atoms with Crippen molar-refractivity contribution < 1.29 is 22.0 Å². The van der Waals surface area contributed by atoms with Crippen molar-refractivity contribution in [1.82, 2.24) is 4.90 Å². The van der Waals surface area contributed by atoms with Gasteiger partial charge in [-0.25, -0.2) is 17.2 Å². The molecule has 1 heterocycles. The van der Waals surface area contributed by atoms with Crippen LogP contribution in [0.5, 0.6) is 0 Å². The molecule has 0 saturated carbocycles. The number of hydrogen-bond acceptors (Lipinski definition) is 3. The van der Waals surface area contributed by atoms with E-state index in [4.69, 9.17) is 10.7 Å². The number of amides is 1. The Labute approximate surface area is 119 Å². The molecule has 0 N–H and O–H groups in total. The number of halogens is 3. The highest BCUT2D eigenvalue weighted by Crippen LogP contribution is 2.23. The molecule has 4 nitrogen and oxygen atoms in total. The van der Waals surface area contributed by atoms with Crippen LogP contribution in [0, 0.1) is 17.6 Å². The molecule has 20 heavy (non-hydrogen) atoms. The molecule has 1 saturated heterocycles. The van der Waals surface area contributed by atoms with Crippen LogP contribution in [0.1, 0.15) is 12.0 Å². The first kappa shape index (κ1) is 15.2. The Morgan fingerprint density at radius 3 is 2.65 bits per heavy atom. The molecule has 0 bridgehead atoms. The fourth-order valence-electron chi connectivity index (χ4n) is 2.26. The molecule has 0 radical (unpaired) electrons. The van der Waals surface area contributed by atoms with Crippen LogP contribution in [-0.2, 0) is 20.4 Å². The Bertz CT molecular complexity index is 636. The maximum absolute atomic E-state index is 13.5. The smallest absolute Gasteiger partial charge is 0.232 e. The second kappa shape index (κ2) is 5.65. The van der Waals surface area contributed by atoms with Crippen LogP contribution in [-0.4, -0.2) is 31.5 Å². The van der Waals surface area contributed by atoms with Gasteiger partial charge in [-0.2, -0.15) is 0 Å². The first-order valence-corrected chi connectivity index (χ1v) is 8.36. The van der Waals surface area contributed by atoms with Crippen molar-refractivity contribution in [3.8, 4) is 0 Å². The summed E-state index contributed by atoms with van der Waals surface area (Å²) in [4.78, 5) is 13.1. The normalized spacial score (nSPS) is 19.6. The third-order valence-electron chi connectivity index (χ3n) is 3.11. The van der Waals surface area contributed by atoms with E-state index in [2.05, 4.69) is 0 Å². The number of benzene rings is 1. The van der Waals surface area contributed by atoms with E-state index in [1.165, 1.54) is 11.0 Å². The van der Waals surface area contributed by atoms with Crippen molar-refractivity contribution in [2.75, 3.05) is 12.3 Å². The highest BCUT2D eigenvalue weighted by molar-refractivity contribution is 8.13. The fraction of sp³-hybridized carbons (Fsp3) is 0.417. The first-order chi connectivity index (χ1) is 9.24. The van der Waals surface area contributed by atoms with E-state index >= 15 is 0 Å². The predicted octanol–water partition coefficient (Wildman–Crippen LogP) is 1.88. The largest absolute Gasteiger partial charge is 0.338 e. The van der Waals surface area contributed by atoms with E-state index in [1.807, 2.05) is 0 Å². The molecule has 110 valence electrons. The van der Waals surface area contributed by atoms with Gasteiger partial charge in [-0.1, -0.05) is 6.07 Å². The van der Waals surface area contributed by atoms with E-state index in [1.54, 1.807) is 0 Å². The first-order valence-electron chi connectivity index (χ1n) is 5.88. The zero-order valence-electron chi connectivity index (χ0n) is 10.4. The van der Waals surface area contributed by atoms with Crippen molar-refractivity contribution >= 4 is 25.6 Å². The zero-order chi connectivity index (χ0) is 14.9. The van der Waals surface area contributed by atoms with Crippen molar-refractivity contribution in [2.45, 2.75) is 13.0 Å². The van der Waals surface area contributed by atoms with Gasteiger partial charge in [0.15, 0.2) is 0 Å². The third kappa shape index (κ3) is 3.89. The van der Waals surface area contributed by atoms with E-state index in [0.29, 0.717) is 0 Å². The summed E-state index contributed by atoms with van der Waals surface area (Å²) < 4.78 is 48.3. The highest BCUT2D eigenvalue weighted by atomic mass is 35.7. The van der Waals surface area contributed by atoms with Gasteiger partial charge in [0.25, 0.3) is 0 Å². The Kier molecular flexibility index (Phi) is 4.29. The molecule has 8 heteroatoms. The second-order valence-corrected chi connectivity index (χ2v) is 7.61. The van der Waals surface area contributed by atoms with Crippen molar-refractivity contribution in [3.63, 3.8) is 0 Å². The summed E-state index contributed by atoms with van der Waals surface area (Å²) in [6.45, 7) is 0.186. The number of carbonyl (C=O) groups excluding carboxylic acids is 1. The summed E-state index contributed by atoms with van der Waals surface area (Å²) in [5.41, 5.74) is 0.189. The molecular weight excluding hydrogens is 312 g/mol. The monoisotopic (exact) mass is 323 g/mol. The minimum Gasteiger partial charge on any atom is -0.338 e. The molecule has 0 aliphatic carbocycles. The predicted molar refractivity (Wildman–Crippen MR) is 69.5 cm³/mol. The summed E-state index contributed by atoms with van der Waals surface area (Å²) in [5.74, 6) is -2.37. The van der Waals surface area contributed by atoms with Gasteiger partial charge in [-0.15, -0.1) is 0 Å². The number of carbonyl (C=O) groups is 1. The number of rotatable bonds is 4. The number of hydrogen-bond donors (Lipinski definition) is 0. The fourth-order valence-corrected chi connectivity index (χ4v) is 3.58. The maximum atomic E-state index is 13.5. The summed E-state index contributed by atoms with van der Waals surface area (Å²) in [7, 11) is 1.48. The minimum absolute atomic E-state index is 0.0101. The quantitative estimate of drug-likeness (QED) is 0.795. The molecule has 1 unspecified atom stereocenters.